The topological polar surface area (TPSA) is 57.6 Å². The van der Waals surface area contributed by atoms with E-state index in [1.54, 1.807) is 0 Å². The lowest BCUT2D eigenvalue weighted by atomic mass is 9.86. The molecule has 0 aromatic rings. The van der Waals surface area contributed by atoms with Crippen LogP contribution in [-0.4, -0.2) is 35.5 Å². The molecule has 4 nitrogen and oxygen atoms in total. The van der Waals surface area contributed by atoms with Crippen LogP contribution in [-0.2, 0) is 4.79 Å². The molecule has 1 unspecified atom stereocenters. The van der Waals surface area contributed by atoms with E-state index in [0.29, 0.717) is 19.0 Å². The van der Waals surface area contributed by atoms with Crippen molar-refractivity contribution in [2.24, 2.45) is 11.8 Å². The highest BCUT2D eigenvalue weighted by Crippen LogP contribution is 2.23. The maximum Gasteiger partial charge on any atom is 0.407 e. The van der Waals surface area contributed by atoms with Crippen LogP contribution in [0.3, 0.4) is 0 Å². The molecule has 4 heteroatoms. The summed E-state index contributed by atoms with van der Waals surface area (Å²) in [6.45, 7) is 3.03. The van der Waals surface area contributed by atoms with E-state index in [9.17, 15) is 9.59 Å². The average Bonchev–Trinajstić information content (AvgIpc) is 2.17. The summed E-state index contributed by atoms with van der Waals surface area (Å²) in [5.74, 6) is 0.434. The minimum atomic E-state index is -0.850. The number of likely N-dealkylation sites (tertiary alicyclic amines) is 1. The number of rotatable bonds is 2. The van der Waals surface area contributed by atoms with Crippen molar-refractivity contribution in [1.82, 2.24) is 4.90 Å². The number of carboxylic acid groups (broad SMARTS) is 1. The Bertz CT molecular complexity index is 197. The summed E-state index contributed by atoms with van der Waals surface area (Å²) in [7, 11) is 0. The number of nitrogens with zero attached hydrogens (tertiary/aromatic N) is 1. The zero-order valence-electron chi connectivity index (χ0n) is 7.77. The molecule has 1 N–H and O–H groups in total. The van der Waals surface area contributed by atoms with Crippen LogP contribution in [0.2, 0.25) is 0 Å². The van der Waals surface area contributed by atoms with Gasteiger partial charge in [0.25, 0.3) is 0 Å². The molecule has 0 aromatic carbocycles. The van der Waals surface area contributed by atoms with Crippen molar-refractivity contribution < 1.29 is 14.7 Å². The van der Waals surface area contributed by atoms with Gasteiger partial charge in [-0.2, -0.15) is 0 Å². The highest BCUT2D eigenvalue weighted by atomic mass is 16.4. The van der Waals surface area contributed by atoms with Crippen LogP contribution in [0.25, 0.3) is 0 Å². The maximum absolute atomic E-state index is 10.6. The molecular formula is C9H15NO3. The number of amides is 1. The molecule has 1 amide bonds. The van der Waals surface area contributed by atoms with Crippen LogP contribution in [0, 0.1) is 11.8 Å². The van der Waals surface area contributed by atoms with Crippen LogP contribution in [0.4, 0.5) is 4.79 Å². The molecule has 1 fully saturated rings. The van der Waals surface area contributed by atoms with Crippen LogP contribution in [0.5, 0.6) is 0 Å². The van der Waals surface area contributed by atoms with Crippen molar-refractivity contribution in [3.8, 4) is 0 Å². The Morgan fingerprint density at radius 3 is 2.46 bits per heavy atom. The van der Waals surface area contributed by atoms with Crippen LogP contribution >= 0.6 is 0 Å². The highest BCUT2D eigenvalue weighted by Gasteiger charge is 2.25. The SMILES string of the molecule is CC(C=O)C1CCN(C(=O)O)CC1. The minimum Gasteiger partial charge on any atom is -0.465 e. The van der Waals surface area contributed by atoms with Crippen LogP contribution in [0.1, 0.15) is 19.8 Å². The Hall–Kier alpha value is -1.06. The number of carbonyl (C=O) groups is 2. The fraction of sp³-hybridized carbons (Fsp3) is 0.778. The van der Waals surface area contributed by atoms with E-state index in [1.165, 1.54) is 4.90 Å². The van der Waals surface area contributed by atoms with E-state index in [2.05, 4.69) is 0 Å². The zero-order chi connectivity index (χ0) is 9.84. The molecule has 0 spiro atoms. The Balaban J connectivity index is 2.38. The number of carbonyl (C=O) groups excluding carboxylic acids is 1. The number of hydrogen-bond acceptors (Lipinski definition) is 2. The molecule has 0 aliphatic carbocycles. The Morgan fingerprint density at radius 1 is 1.54 bits per heavy atom. The predicted molar refractivity (Wildman–Crippen MR) is 47.5 cm³/mol. The summed E-state index contributed by atoms with van der Waals surface area (Å²) in [6, 6.07) is 0. The summed E-state index contributed by atoms with van der Waals surface area (Å²) in [5, 5.41) is 8.68. The fourth-order valence-corrected chi connectivity index (χ4v) is 1.73. The standard InChI is InChI=1S/C9H15NO3/c1-7(6-11)8-2-4-10(5-3-8)9(12)13/h6-8H,2-5H2,1H3,(H,12,13). The van der Waals surface area contributed by atoms with Gasteiger partial charge in [0.2, 0.25) is 0 Å². The molecule has 0 saturated carbocycles. The fourth-order valence-electron chi connectivity index (χ4n) is 1.73. The first-order valence-corrected chi connectivity index (χ1v) is 4.58. The largest absolute Gasteiger partial charge is 0.465 e. The van der Waals surface area contributed by atoms with Crippen LogP contribution in [0.15, 0.2) is 0 Å². The van der Waals surface area contributed by atoms with Gasteiger partial charge in [-0.25, -0.2) is 4.79 Å². The van der Waals surface area contributed by atoms with Gasteiger partial charge < -0.3 is 14.8 Å². The van der Waals surface area contributed by atoms with Gasteiger partial charge in [-0.05, 0) is 18.8 Å². The van der Waals surface area contributed by atoms with E-state index in [-0.39, 0.29) is 5.92 Å². The second kappa shape index (κ2) is 4.25. The van der Waals surface area contributed by atoms with E-state index in [4.69, 9.17) is 5.11 Å². The first-order chi connectivity index (χ1) is 6.15. The monoisotopic (exact) mass is 185 g/mol. The molecule has 1 aliphatic heterocycles. The lowest BCUT2D eigenvalue weighted by molar-refractivity contribution is -0.112. The molecule has 0 aromatic heterocycles. The molecule has 1 rings (SSSR count). The summed E-state index contributed by atoms with van der Waals surface area (Å²) >= 11 is 0. The first kappa shape index (κ1) is 10.0. The first-order valence-electron chi connectivity index (χ1n) is 4.58. The molecule has 74 valence electrons. The summed E-state index contributed by atoms with van der Waals surface area (Å²) in [4.78, 5) is 22.5. The van der Waals surface area contributed by atoms with Crippen molar-refractivity contribution in [3.63, 3.8) is 0 Å². The summed E-state index contributed by atoms with van der Waals surface area (Å²) in [5.41, 5.74) is 0. The van der Waals surface area contributed by atoms with Crippen molar-refractivity contribution in [1.29, 1.82) is 0 Å². The van der Waals surface area contributed by atoms with E-state index in [0.717, 1.165) is 19.1 Å². The normalized spacial score (nSPS) is 21.2. The lowest BCUT2D eigenvalue weighted by Gasteiger charge is -2.31. The second-order valence-electron chi connectivity index (χ2n) is 3.60. The molecule has 1 heterocycles. The third-order valence-electron chi connectivity index (χ3n) is 2.77. The van der Waals surface area contributed by atoms with Crippen molar-refractivity contribution >= 4 is 12.4 Å². The number of aldehydes is 1. The Kier molecular flexibility index (Phi) is 3.28. The number of hydrogen-bond donors (Lipinski definition) is 1. The summed E-state index contributed by atoms with van der Waals surface area (Å²) < 4.78 is 0. The van der Waals surface area contributed by atoms with Gasteiger partial charge in [0.05, 0.1) is 0 Å². The average molecular weight is 185 g/mol. The van der Waals surface area contributed by atoms with E-state index >= 15 is 0 Å². The van der Waals surface area contributed by atoms with Crippen molar-refractivity contribution in [3.05, 3.63) is 0 Å². The summed E-state index contributed by atoms with van der Waals surface area (Å²) in [6.07, 6.45) is 1.73. The molecule has 0 bridgehead atoms. The van der Waals surface area contributed by atoms with Crippen molar-refractivity contribution in [2.45, 2.75) is 19.8 Å². The quantitative estimate of drug-likeness (QED) is 0.658. The Morgan fingerprint density at radius 2 is 2.08 bits per heavy atom. The minimum absolute atomic E-state index is 0.0657. The third kappa shape index (κ3) is 2.44. The highest BCUT2D eigenvalue weighted by molar-refractivity contribution is 5.65. The zero-order valence-corrected chi connectivity index (χ0v) is 7.77. The molecule has 1 aliphatic rings. The number of piperidine rings is 1. The molecule has 13 heavy (non-hydrogen) atoms. The smallest absolute Gasteiger partial charge is 0.407 e. The maximum atomic E-state index is 10.6. The van der Waals surface area contributed by atoms with Gasteiger partial charge in [0.15, 0.2) is 0 Å². The molecule has 1 atom stereocenters. The third-order valence-corrected chi connectivity index (χ3v) is 2.77. The van der Waals surface area contributed by atoms with Gasteiger partial charge in [-0.1, -0.05) is 6.92 Å². The second-order valence-corrected chi connectivity index (χ2v) is 3.60. The Labute approximate surface area is 77.5 Å². The van der Waals surface area contributed by atoms with Gasteiger partial charge in [-0.3, -0.25) is 0 Å². The van der Waals surface area contributed by atoms with Gasteiger partial charge in [-0.15, -0.1) is 0 Å². The lowest BCUT2D eigenvalue weighted by Crippen LogP contribution is -2.39. The van der Waals surface area contributed by atoms with Gasteiger partial charge in [0.1, 0.15) is 6.29 Å². The molecular weight excluding hydrogens is 170 g/mol. The molecule has 0 radical (unpaired) electrons. The van der Waals surface area contributed by atoms with Gasteiger partial charge in [0, 0.05) is 19.0 Å². The van der Waals surface area contributed by atoms with E-state index in [1.807, 2.05) is 6.92 Å². The van der Waals surface area contributed by atoms with Crippen LogP contribution < -0.4 is 0 Å². The molecule has 1 saturated heterocycles. The van der Waals surface area contributed by atoms with Crippen molar-refractivity contribution in [2.75, 3.05) is 13.1 Å². The van der Waals surface area contributed by atoms with Gasteiger partial charge >= 0.3 is 6.09 Å². The predicted octanol–water partition coefficient (Wildman–Crippen LogP) is 1.21. The van der Waals surface area contributed by atoms with E-state index < -0.39 is 6.09 Å².